The fraction of sp³-hybridized carbons (Fsp3) is 0.500. The van der Waals surface area contributed by atoms with E-state index in [0.717, 1.165) is 24.2 Å². The van der Waals surface area contributed by atoms with Crippen molar-refractivity contribution < 1.29 is 14.7 Å². The molecule has 1 N–H and O–H groups in total. The van der Waals surface area contributed by atoms with Crippen molar-refractivity contribution in [1.82, 2.24) is 4.90 Å². The summed E-state index contributed by atoms with van der Waals surface area (Å²) in [6, 6.07) is 7.57. The number of carboxylic acids is 1. The predicted octanol–water partition coefficient (Wildman–Crippen LogP) is 2.92. The Balaban J connectivity index is 2.26. The number of amides is 2. The van der Waals surface area contributed by atoms with E-state index in [9.17, 15) is 9.59 Å². The minimum absolute atomic E-state index is 0.0281. The van der Waals surface area contributed by atoms with Gasteiger partial charge in [-0.1, -0.05) is 25.1 Å². The zero-order valence-corrected chi connectivity index (χ0v) is 12.6. The number of anilines is 1. The minimum Gasteiger partial charge on any atom is -0.481 e. The third kappa shape index (κ3) is 3.17. The number of nitrogens with zero attached hydrogens (tertiary/aromatic N) is 2. The Morgan fingerprint density at radius 1 is 1.33 bits per heavy atom. The molecular weight excluding hydrogens is 268 g/mol. The average molecular weight is 290 g/mol. The SMILES string of the molecule is CCCN(CC)C(=O)N1CC(CC(=O)O)c2ccccc21. The molecule has 0 fully saturated rings. The second kappa shape index (κ2) is 6.61. The maximum Gasteiger partial charge on any atom is 0.324 e. The Morgan fingerprint density at radius 2 is 2.05 bits per heavy atom. The second-order valence-corrected chi connectivity index (χ2v) is 5.33. The maximum absolute atomic E-state index is 12.7. The van der Waals surface area contributed by atoms with Crippen LogP contribution in [0.25, 0.3) is 0 Å². The van der Waals surface area contributed by atoms with E-state index in [4.69, 9.17) is 5.11 Å². The fourth-order valence-electron chi connectivity index (χ4n) is 2.89. The van der Waals surface area contributed by atoms with Gasteiger partial charge in [0.1, 0.15) is 0 Å². The number of hydrogen-bond acceptors (Lipinski definition) is 2. The van der Waals surface area contributed by atoms with Gasteiger partial charge in [-0.2, -0.15) is 0 Å². The molecule has 1 aromatic rings. The predicted molar refractivity (Wildman–Crippen MR) is 81.7 cm³/mol. The summed E-state index contributed by atoms with van der Waals surface area (Å²) < 4.78 is 0. The highest BCUT2D eigenvalue weighted by atomic mass is 16.4. The van der Waals surface area contributed by atoms with Gasteiger partial charge in [0.2, 0.25) is 0 Å². The number of fused-ring (bicyclic) bond motifs is 1. The molecule has 0 bridgehead atoms. The Bertz CT molecular complexity index is 530. The van der Waals surface area contributed by atoms with Gasteiger partial charge in [-0.25, -0.2) is 4.79 Å². The first kappa shape index (κ1) is 15.4. The number of carbonyl (C=O) groups excluding carboxylic acids is 1. The molecule has 1 aliphatic rings. The highest BCUT2D eigenvalue weighted by Crippen LogP contribution is 2.38. The van der Waals surface area contributed by atoms with Crippen LogP contribution in [0.1, 0.15) is 38.2 Å². The maximum atomic E-state index is 12.7. The van der Waals surface area contributed by atoms with Crippen LogP contribution in [0.15, 0.2) is 24.3 Å². The quantitative estimate of drug-likeness (QED) is 0.907. The first-order valence-corrected chi connectivity index (χ1v) is 7.45. The summed E-state index contributed by atoms with van der Waals surface area (Å²) in [6.45, 7) is 5.84. The van der Waals surface area contributed by atoms with E-state index in [1.54, 1.807) is 9.80 Å². The van der Waals surface area contributed by atoms with Gasteiger partial charge in [-0.3, -0.25) is 9.69 Å². The van der Waals surface area contributed by atoms with Crippen LogP contribution < -0.4 is 4.90 Å². The van der Waals surface area contributed by atoms with Gasteiger partial charge in [-0.05, 0) is 25.0 Å². The van der Waals surface area contributed by atoms with E-state index >= 15 is 0 Å². The number of rotatable bonds is 5. The number of carboxylic acid groups (broad SMARTS) is 1. The molecular formula is C16H22N2O3. The summed E-state index contributed by atoms with van der Waals surface area (Å²) >= 11 is 0. The first-order chi connectivity index (χ1) is 10.1. The molecule has 0 saturated carbocycles. The molecule has 0 aliphatic carbocycles. The Kier molecular flexibility index (Phi) is 4.83. The van der Waals surface area contributed by atoms with Crippen molar-refractivity contribution in [3.05, 3.63) is 29.8 Å². The standard InChI is InChI=1S/C16H22N2O3/c1-3-9-17(4-2)16(21)18-11-12(10-15(19)20)13-7-5-6-8-14(13)18/h5-8,12H,3-4,9-11H2,1-2H3,(H,19,20). The summed E-state index contributed by atoms with van der Waals surface area (Å²) in [6.07, 6.45) is 0.967. The van der Waals surface area contributed by atoms with Crippen molar-refractivity contribution >= 4 is 17.7 Å². The molecule has 0 spiro atoms. The highest BCUT2D eigenvalue weighted by Gasteiger charge is 2.34. The molecule has 0 saturated heterocycles. The van der Waals surface area contributed by atoms with Crippen molar-refractivity contribution in [2.24, 2.45) is 0 Å². The summed E-state index contributed by atoms with van der Waals surface area (Å²) in [5, 5.41) is 9.05. The third-order valence-electron chi connectivity index (χ3n) is 3.87. The summed E-state index contributed by atoms with van der Waals surface area (Å²) in [5.74, 6) is -0.951. The lowest BCUT2D eigenvalue weighted by molar-refractivity contribution is -0.137. The number of carbonyl (C=O) groups is 2. The largest absolute Gasteiger partial charge is 0.481 e. The van der Waals surface area contributed by atoms with Crippen molar-refractivity contribution in [2.75, 3.05) is 24.5 Å². The first-order valence-electron chi connectivity index (χ1n) is 7.45. The Labute approximate surface area is 125 Å². The number of para-hydroxylation sites is 1. The lowest BCUT2D eigenvalue weighted by Crippen LogP contribution is -2.43. The monoisotopic (exact) mass is 290 g/mol. The molecule has 1 atom stereocenters. The molecule has 2 rings (SSSR count). The van der Waals surface area contributed by atoms with Crippen LogP contribution in [0, 0.1) is 0 Å². The van der Waals surface area contributed by atoms with Crippen LogP contribution in [-0.2, 0) is 4.79 Å². The lowest BCUT2D eigenvalue weighted by Gasteiger charge is -2.27. The van der Waals surface area contributed by atoms with Crippen molar-refractivity contribution in [3.63, 3.8) is 0 Å². The Morgan fingerprint density at radius 3 is 2.67 bits per heavy atom. The van der Waals surface area contributed by atoms with E-state index in [1.807, 2.05) is 38.1 Å². The molecule has 5 heteroatoms. The molecule has 1 aliphatic heterocycles. The lowest BCUT2D eigenvalue weighted by atomic mass is 9.98. The average Bonchev–Trinajstić information content (AvgIpc) is 2.82. The van der Waals surface area contributed by atoms with Crippen LogP contribution in [0.3, 0.4) is 0 Å². The zero-order valence-electron chi connectivity index (χ0n) is 12.6. The van der Waals surface area contributed by atoms with Gasteiger partial charge in [-0.15, -0.1) is 0 Å². The molecule has 1 aromatic carbocycles. The van der Waals surface area contributed by atoms with Gasteiger partial charge in [0.25, 0.3) is 0 Å². The normalized spacial score (nSPS) is 16.7. The number of hydrogen-bond donors (Lipinski definition) is 1. The molecule has 21 heavy (non-hydrogen) atoms. The summed E-state index contributed by atoms with van der Waals surface area (Å²) in [4.78, 5) is 27.2. The number of benzene rings is 1. The van der Waals surface area contributed by atoms with E-state index < -0.39 is 5.97 Å². The van der Waals surface area contributed by atoms with Crippen molar-refractivity contribution in [2.45, 2.75) is 32.6 Å². The van der Waals surface area contributed by atoms with Crippen LogP contribution in [0.5, 0.6) is 0 Å². The smallest absolute Gasteiger partial charge is 0.324 e. The number of aliphatic carboxylic acids is 1. The molecule has 0 aromatic heterocycles. The third-order valence-corrected chi connectivity index (χ3v) is 3.87. The van der Waals surface area contributed by atoms with E-state index in [1.165, 1.54) is 0 Å². The van der Waals surface area contributed by atoms with Gasteiger partial charge >= 0.3 is 12.0 Å². The summed E-state index contributed by atoms with van der Waals surface area (Å²) in [7, 11) is 0. The zero-order chi connectivity index (χ0) is 15.4. The van der Waals surface area contributed by atoms with E-state index in [-0.39, 0.29) is 18.4 Å². The molecule has 5 nitrogen and oxygen atoms in total. The topological polar surface area (TPSA) is 60.9 Å². The van der Waals surface area contributed by atoms with Crippen LogP contribution in [0.4, 0.5) is 10.5 Å². The van der Waals surface area contributed by atoms with Gasteiger partial charge in [0.15, 0.2) is 0 Å². The highest BCUT2D eigenvalue weighted by molar-refractivity contribution is 5.95. The van der Waals surface area contributed by atoms with Crippen LogP contribution >= 0.6 is 0 Å². The Hall–Kier alpha value is -2.04. The van der Waals surface area contributed by atoms with Crippen molar-refractivity contribution in [3.8, 4) is 0 Å². The van der Waals surface area contributed by atoms with Crippen molar-refractivity contribution in [1.29, 1.82) is 0 Å². The van der Waals surface area contributed by atoms with Gasteiger partial charge in [0.05, 0.1) is 6.42 Å². The number of urea groups is 1. The van der Waals surface area contributed by atoms with E-state index in [0.29, 0.717) is 13.1 Å². The van der Waals surface area contributed by atoms with Crippen LogP contribution in [0.2, 0.25) is 0 Å². The molecule has 2 amide bonds. The van der Waals surface area contributed by atoms with E-state index in [2.05, 4.69) is 0 Å². The molecule has 1 unspecified atom stereocenters. The van der Waals surface area contributed by atoms with Gasteiger partial charge in [0, 0.05) is 31.2 Å². The summed E-state index contributed by atoms with van der Waals surface area (Å²) in [5.41, 5.74) is 1.81. The fourth-order valence-corrected chi connectivity index (χ4v) is 2.89. The van der Waals surface area contributed by atoms with Gasteiger partial charge < -0.3 is 10.0 Å². The molecule has 1 heterocycles. The van der Waals surface area contributed by atoms with Crippen LogP contribution in [-0.4, -0.2) is 41.6 Å². The second-order valence-electron chi connectivity index (χ2n) is 5.33. The minimum atomic E-state index is -0.829. The molecule has 114 valence electrons. The molecule has 0 radical (unpaired) electrons.